The van der Waals surface area contributed by atoms with E-state index in [9.17, 15) is 4.79 Å². The maximum atomic E-state index is 11.6. The van der Waals surface area contributed by atoms with Gasteiger partial charge in [0, 0.05) is 18.5 Å². The van der Waals surface area contributed by atoms with Crippen molar-refractivity contribution in [1.82, 2.24) is 5.32 Å². The molecular formula is C16H34N2O. The van der Waals surface area contributed by atoms with Gasteiger partial charge >= 0.3 is 0 Å². The van der Waals surface area contributed by atoms with Crippen LogP contribution in [0.5, 0.6) is 0 Å². The molecule has 0 rings (SSSR count). The van der Waals surface area contributed by atoms with Gasteiger partial charge < -0.3 is 11.1 Å². The second-order valence-corrected chi connectivity index (χ2v) is 5.79. The average Bonchev–Trinajstić information content (AvgIpc) is 2.36. The minimum atomic E-state index is 0.0204. The van der Waals surface area contributed by atoms with Crippen LogP contribution < -0.4 is 11.1 Å². The molecule has 1 amide bonds. The van der Waals surface area contributed by atoms with Crippen LogP contribution in [-0.4, -0.2) is 18.0 Å². The summed E-state index contributed by atoms with van der Waals surface area (Å²) in [4.78, 5) is 11.6. The summed E-state index contributed by atoms with van der Waals surface area (Å²) in [6.45, 7) is 6.12. The first-order valence-electron chi connectivity index (χ1n) is 8.12. The Balaban J connectivity index is 3.27. The first kappa shape index (κ1) is 18.4. The molecule has 0 saturated heterocycles. The van der Waals surface area contributed by atoms with Gasteiger partial charge in [-0.15, -0.1) is 0 Å². The number of rotatable bonds is 12. The Morgan fingerprint density at radius 1 is 0.947 bits per heavy atom. The summed E-state index contributed by atoms with van der Waals surface area (Å²) in [6, 6.07) is 0.0955. The van der Waals surface area contributed by atoms with Crippen LogP contribution in [0.2, 0.25) is 0 Å². The normalized spacial score (nSPS) is 14.1. The highest BCUT2D eigenvalue weighted by molar-refractivity contribution is 5.76. The first-order chi connectivity index (χ1) is 9.07. The number of amides is 1. The SMILES string of the molecule is CCCCCCCCCCCC(=O)NC(C)C(C)N. The Morgan fingerprint density at radius 2 is 1.42 bits per heavy atom. The van der Waals surface area contributed by atoms with E-state index in [1.807, 2.05) is 13.8 Å². The molecule has 2 atom stereocenters. The molecular weight excluding hydrogens is 236 g/mol. The minimum Gasteiger partial charge on any atom is -0.352 e. The summed E-state index contributed by atoms with van der Waals surface area (Å²) in [5.74, 6) is 0.146. The standard InChI is InChI=1S/C16H34N2O/c1-4-5-6-7-8-9-10-11-12-13-16(19)18-15(3)14(2)17/h14-15H,4-13,17H2,1-3H3,(H,18,19). The van der Waals surface area contributed by atoms with E-state index in [4.69, 9.17) is 5.73 Å². The summed E-state index contributed by atoms with van der Waals surface area (Å²) in [5.41, 5.74) is 5.71. The van der Waals surface area contributed by atoms with Crippen LogP contribution in [0.4, 0.5) is 0 Å². The van der Waals surface area contributed by atoms with Crippen molar-refractivity contribution in [2.75, 3.05) is 0 Å². The third-order valence-electron chi connectivity index (χ3n) is 3.68. The summed E-state index contributed by atoms with van der Waals surface area (Å²) in [5, 5.41) is 2.94. The molecule has 0 radical (unpaired) electrons. The number of nitrogens with two attached hydrogens (primary N) is 1. The van der Waals surface area contributed by atoms with Gasteiger partial charge in [-0.25, -0.2) is 0 Å². The fraction of sp³-hybridized carbons (Fsp3) is 0.938. The lowest BCUT2D eigenvalue weighted by Gasteiger charge is -2.17. The predicted octanol–water partition coefficient (Wildman–Crippen LogP) is 3.76. The zero-order valence-corrected chi connectivity index (χ0v) is 13.2. The van der Waals surface area contributed by atoms with Gasteiger partial charge in [0.15, 0.2) is 0 Å². The largest absolute Gasteiger partial charge is 0.352 e. The van der Waals surface area contributed by atoms with Gasteiger partial charge in [-0.2, -0.15) is 0 Å². The minimum absolute atomic E-state index is 0.0204. The summed E-state index contributed by atoms with van der Waals surface area (Å²) < 4.78 is 0. The molecule has 19 heavy (non-hydrogen) atoms. The fourth-order valence-electron chi connectivity index (χ4n) is 2.05. The van der Waals surface area contributed by atoms with Gasteiger partial charge in [0.05, 0.1) is 0 Å². The van der Waals surface area contributed by atoms with E-state index in [1.54, 1.807) is 0 Å². The van der Waals surface area contributed by atoms with Crippen LogP contribution in [0.1, 0.15) is 85.0 Å². The number of hydrogen-bond acceptors (Lipinski definition) is 2. The van der Waals surface area contributed by atoms with Crippen LogP contribution in [-0.2, 0) is 4.79 Å². The fourth-order valence-corrected chi connectivity index (χ4v) is 2.05. The lowest BCUT2D eigenvalue weighted by Crippen LogP contribution is -2.43. The third-order valence-corrected chi connectivity index (χ3v) is 3.68. The molecule has 0 aliphatic carbocycles. The molecule has 0 aliphatic heterocycles. The number of carbonyl (C=O) groups is 1. The molecule has 2 unspecified atom stereocenters. The molecule has 0 aliphatic rings. The van der Waals surface area contributed by atoms with Crippen LogP contribution >= 0.6 is 0 Å². The predicted molar refractivity (Wildman–Crippen MR) is 83.1 cm³/mol. The summed E-state index contributed by atoms with van der Waals surface area (Å²) in [6.07, 6.45) is 12.2. The van der Waals surface area contributed by atoms with Crippen molar-refractivity contribution in [3.63, 3.8) is 0 Å². The highest BCUT2D eigenvalue weighted by atomic mass is 16.1. The third kappa shape index (κ3) is 12.2. The van der Waals surface area contributed by atoms with Crippen molar-refractivity contribution >= 4 is 5.91 Å². The molecule has 0 aromatic carbocycles. The number of hydrogen-bond donors (Lipinski definition) is 2. The number of nitrogens with one attached hydrogen (secondary N) is 1. The zero-order valence-electron chi connectivity index (χ0n) is 13.2. The van der Waals surface area contributed by atoms with Gasteiger partial charge in [0.25, 0.3) is 0 Å². The van der Waals surface area contributed by atoms with E-state index in [1.165, 1.54) is 51.4 Å². The van der Waals surface area contributed by atoms with Crippen LogP contribution in [0, 0.1) is 0 Å². The monoisotopic (exact) mass is 270 g/mol. The second-order valence-electron chi connectivity index (χ2n) is 5.79. The van der Waals surface area contributed by atoms with Gasteiger partial charge in [-0.1, -0.05) is 58.3 Å². The van der Waals surface area contributed by atoms with E-state index in [0.29, 0.717) is 6.42 Å². The Kier molecular flexibility index (Phi) is 12.1. The van der Waals surface area contributed by atoms with Crippen molar-refractivity contribution in [3.8, 4) is 0 Å². The molecule has 0 fully saturated rings. The highest BCUT2D eigenvalue weighted by Crippen LogP contribution is 2.10. The van der Waals surface area contributed by atoms with E-state index in [0.717, 1.165) is 6.42 Å². The Morgan fingerprint density at radius 3 is 1.89 bits per heavy atom. The van der Waals surface area contributed by atoms with Crippen molar-refractivity contribution in [3.05, 3.63) is 0 Å². The Labute approximate surface area is 119 Å². The lowest BCUT2D eigenvalue weighted by molar-refractivity contribution is -0.121. The van der Waals surface area contributed by atoms with Gasteiger partial charge in [-0.3, -0.25) is 4.79 Å². The number of unbranched alkanes of at least 4 members (excludes halogenated alkanes) is 8. The van der Waals surface area contributed by atoms with E-state index < -0.39 is 0 Å². The van der Waals surface area contributed by atoms with E-state index in [2.05, 4.69) is 12.2 Å². The zero-order chi connectivity index (χ0) is 14.5. The summed E-state index contributed by atoms with van der Waals surface area (Å²) >= 11 is 0. The molecule has 3 heteroatoms. The van der Waals surface area contributed by atoms with Gasteiger partial charge in [0.2, 0.25) is 5.91 Å². The average molecular weight is 270 g/mol. The molecule has 0 bridgehead atoms. The Hall–Kier alpha value is -0.570. The molecule has 3 N–H and O–H groups in total. The van der Waals surface area contributed by atoms with E-state index >= 15 is 0 Å². The molecule has 114 valence electrons. The smallest absolute Gasteiger partial charge is 0.220 e. The highest BCUT2D eigenvalue weighted by Gasteiger charge is 2.10. The van der Waals surface area contributed by atoms with Crippen molar-refractivity contribution in [2.45, 2.75) is 97.1 Å². The molecule has 0 heterocycles. The van der Waals surface area contributed by atoms with Crippen LogP contribution in [0.25, 0.3) is 0 Å². The van der Waals surface area contributed by atoms with Gasteiger partial charge in [0.1, 0.15) is 0 Å². The molecule has 3 nitrogen and oxygen atoms in total. The maximum Gasteiger partial charge on any atom is 0.220 e. The summed E-state index contributed by atoms with van der Waals surface area (Å²) in [7, 11) is 0. The van der Waals surface area contributed by atoms with Crippen molar-refractivity contribution < 1.29 is 4.79 Å². The van der Waals surface area contributed by atoms with E-state index in [-0.39, 0.29) is 18.0 Å². The number of carbonyl (C=O) groups excluding carboxylic acids is 1. The molecule has 0 aromatic heterocycles. The molecule has 0 aromatic rings. The quantitative estimate of drug-likeness (QED) is 0.531. The van der Waals surface area contributed by atoms with Crippen molar-refractivity contribution in [2.24, 2.45) is 5.73 Å². The Bertz CT molecular complexity index is 217. The van der Waals surface area contributed by atoms with Gasteiger partial charge in [-0.05, 0) is 20.3 Å². The second kappa shape index (κ2) is 12.5. The molecule has 0 saturated carbocycles. The van der Waals surface area contributed by atoms with Crippen molar-refractivity contribution in [1.29, 1.82) is 0 Å². The molecule has 0 spiro atoms. The van der Waals surface area contributed by atoms with Crippen LogP contribution in [0.15, 0.2) is 0 Å². The van der Waals surface area contributed by atoms with Crippen LogP contribution in [0.3, 0.4) is 0 Å². The first-order valence-corrected chi connectivity index (χ1v) is 8.12. The lowest BCUT2D eigenvalue weighted by atomic mass is 10.1. The maximum absolute atomic E-state index is 11.6. The topological polar surface area (TPSA) is 55.1 Å².